The first-order chi connectivity index (χ1) is 27.8. The van der Waals surface area contributed by atoms with Crippen LogP contribution in [0.2, 0.25) is 0 Å². The summed E-state index contributed by atoms with van der Waals surface area (Å²) in [6, 6.07) is 0. The molecule has 0 radical (unpaired) electrons. The third-order valence-corrected chi connectivity index (χ3v) is 11.3. The van der Waals surface area contributed by atoms with Gasteiger partial charge in [-0.05, 0) is 38.5 Å². The smallest absolute Gasteiger partial charge is 0.462 e. The summed E-state index contributed by atoms with van der Waals surface area (Å²) in [4.78, 5) is 34.9. The first-order valence-electron chi connectivity index (χ1n) is 23.8. The van der Waals surface area contributed by atoms with Gasteiger partial charge in [-0.2, -0.15) is 0 Å². The summed E-state index contributed by atoms with van der Waals surface area (Å²) in [5.74, 6) is -0.834. The van der Waals surface area contributed by atoms with Crippen molar-refractivity contribution >= 4 is 19.8 Å². The Hall–Kier alpha value is -1.51. The van der Waals surface area contributed by atoms with Crippen LogP contribution in [0.25, 0.3) is 0 Å². The molecule has 2 unspecified atom stereocenters. The molecule has 2 atom stereocenters. The molecule has 57 heavy (non-hydrogen) atoms. The number of hydrogen-bond acceptors (Lipinski definition) is 8. The normalized spacial score (nSPS) is 13.4. The first kappa shape index (κ1) is 55.5. The molecule has 10 heteroatoms. The summed E-state index contributed by atoms with van der Waals surface area (Å²) >= 11 is 0. The highest BCUT2D eigenvalue weighted by atomic mass is 31.2. The van der Waals surface area contributed by atoms with Gasteiger partial charge in [0.05, 0.1) is 13.2 Å². The second kappa shape index (κ2) is 44.1. The molecule has 336 valence electrons. The number of allylic oxidation sites excluding steroid dienone is 4. The van der Waals surface area contributed by atoms with Crippen LogP contribution in [-0.4, -0.2) is 49.3 Å². The van der Waals surface area contributed by atoms with Crippen LogP contribution >= 0.6 is 7.82 Å². The van der Waals surface area contributed by atoms with Gasteiger partial charge in [0.25, 0.3) is 0 Å². The molecule has 3 N–H and O–H groups in total. The Balaban J connectivity index is 4.02. The van der Waals surface area contributed by atoms with E-state index in [4.69, 9.17) is 24.3 Å². The zero-order valence-electron chi connectivity index (χ0n) is 37.1. The Bertz CT molecular complexity index is 990. The van der Waals surface area contributed by atoms with Gasteiger partial charge in [0.1, 0.15) is 6.61 Å². The maximum Gasteiger partial charge on any atom is 0.472 e. The number of nitrogens with two attached hydrogens (primary N) is 1. The lowest BCUT2D eigenvalue weighted by molar-refractivity contribution is -0.161. The molecule has 0 heterocycles. The lowest BCUT2D eigenvalue weighted by Crippen LogP contribution is -2.29. The van der Waals surface area contributed by atoms with E-state index in [2.05, 4.69) is 38.2 Å². The molecule has 0 saturated carbocycles. The van der Waals surface area contributed by atoms with Gasteiger partial charge in [-0.3, -0.25) is 18.6 Å². The molecular formula is C47H90NO8P. The van der Waals surface area contributed by atoms with Crippen LogP contribution in [0.15, 0.2) is 24.3 Å². The predicted molar refractivity (Wildman–Crippen MR) is 238 cm³/mol. The van der Waals surface area contributed by atoms with Crippen LogP contribution in [0, 0.1) is 0 Å². The average molecular weight is 828 g/mol. The molecular weight excluding hydrogens is 737 g/mol. The van der Waals surface area contributed by atoms with Crippen molar-refractivity contribution in [3.05, 3.63) is 24.3 Å². The van der Waals surface area contributed by atoms with Gasteiger partial charge >= 0.3 is 19.8 Å². The molecule has 0 aromatic carbocycles. The summed E-state index contributed by atoms with van der Waals surface area (Å²) < 4.78 is 32.8. The highest BCUT2D eigenvalue weighted by Crippen LogP contribution is 2.43. The minimum atomic E-state index is -4.38. The summed E-state index contributed by atoms with van der Waals surface area (Å²) in [6.45, 7) is 3.71. The van der Waals surface area contributed by atoms with Crippen LogP contribution in [0.1, 0.15) is 232 Å². The molecule has 0 bridgehead atoms. The highest BCUT2D eigenvalue weighted by Gasteiger charge is 2.26. The van der Waals surface area contributed by atoms with E-state index in [1.54, 1.807) is 0 Å². The zero-order chi connectivity index (χ0) is 41.8. The molecule has 0 aliphatic rings. The topological polar surface area (TPSA) is 134 Å². The zero-order valence-corrected chi connectivity index (χ0v) is 38.0. The van der Waals surface area contributed by atoms with Crippen molar-refractivity contribution in [2.24, 2.45) is 5.73 Å². The van der Waals surface area contributed by atoms with E-state index in [1.165, 1.54) is 135 Å². The van der Waals surface area contributed by atoms with E-state index in [0.29, 0.717) is 6.42 Å². The maximum absolute atomic E-state index is 12.6. The van der Waals surface area contributed by atoms with E-state index >= 15 is 0 Å². The van der Waals surface area contributed by atoms with E-state index in [-0.39, 0.29) is 38.6 Å². The molecule has 0 aromatic rings. The number of phosphoric ester groups is 1. The summed E-state index contributed by atoms with van der Waals surface area (Å²) in [5.41, 5.74) is 5.35. The molecule has 0 saturated heterocycles. The summed E-state index contributed by atoms with van der Waals surface area (Å²) in [5, 5.41) is 0. The largest absolute Gasteiger partial charge is 0.472 e. The fourth-order valence-corrected chi connectivity index (χ4v) is 7.54. The van der Waals surface area contributed by atoms with Crippen molar-refractivity contribution in [1.29, 1.82) is 0 Å². The number of phosphoric acid groups is 1. The van der Waals surface area contributed by atoms with E-state index < -0.39 is 26.5 Å². The summed E-state index contributed by atoms with van der Waals surface area (Å²) in [7, 11) is -4.38. The van der Waals surface area contributed by atoms with Crippen LogP contribution in [-0.2, 0) is 32.7 Å². The third kappa shape index (κ3) is 43.9. The predicted octanol–water partition coefficient (Wildman–Crippen LogP) is 13.9. The second-order valence-electron chi connectivity index (χ2n) is 16.0. The minimum absolute atomic E-state index is 0.0526. The van der Waals surface area contributed by atoms with Crippen LogP contribution < -0.4 is 5.73 Å². The number of carbonyl (C=O) groups is 2. The molecule has 0 amide bonds. The van der Waals surface area contributed by atoms with Crippen LogP contribution in [0.3, 0.4) is 0 Å². The van der Waals surface area contributed by atoms with E-state index in [0.717, 1.165) is 64.2 Å². The molecule has 0 rings (SSSR count). The number of esters is 2. The van der Waals surface area contributed by atoms with Crippen LogP contribution in [0.4, 0.5) is 0 Å². The fraction of sp³-hybridized carbons (Fsp3) is 0.872. The Kier molecular flexibility index (Phi) is 42.9. The van der Waals surface area contributed by atoms with Gasteiger partial charge < -0.3 is 20.1 Å². The first-order valence-corrected chi connectivity index (χ1v) is 25.3. The van der Waals surface area contributed by atoms with Crippen molar-refractivity contribution in [3.8, 4) is 0 Å². The van der Waals surface area contributed by atoms with Gasteiger partial charge in [-0.25, -0.2) is 4.57 Å². The lowest BCUT2D eigenvalue weighted by atomic mass is 10.0. The standard InChI is InChI=1S/C47H90NO8P/c1-3-5-7-9-11-13-15-17-19-20-21-22-23-24-25-26-28-29-31-33-35-37-39-46(49)53-43-45(44-55-57(51,52)54-42-41-48)56-47(50)40-38-36-34-32-30-27-18-16-14-12-10-8-6-4-2/h10,12,16,18,45H,3-9,11,13-15,17,19-44,48H2,1-2H3,(H,51,52)/b12-10-,18-16-. The number of carbonyl (C=O) groups excluding carboxylic acids is 2. The average Bonchev–Trinajstić information content (AvgIpc) is 3.20. The quantitative estimate of drug-likeness (QED) is 0.0266. The maximum atomic E-state index is 12.6. The summed E-state index contributed by atoms with van der Waals surface area (Å²) in [6.07, 6.45) is 47.9. The van der Waals surface area contributed by atoms with E-state index in [1.807, 2.05) is 0 Å². The molecule has 0 fully saturated rings. The van der Waals surface area contributed by atoms with Crippen molar-refractivity contribution in [3.63, 3.8) is 0 Å². The molecule has 9 nitrogen and oxygen atoms in total. The Labute approximate surface area is 351 Å². The second-order valence-corrected chi connectivity index (χ2v) is 17.4. The molecule has 0 aromatic heterocycles. The number of rotatable bonds is 45. The third-order valence-electron chi connectivity index (χ3n) is 10.3. The minimum Gasteiger partial charge on any atom is -0.462 e. The molecule has 0 aliphatic carbocycles. The van der Waals surface area contributed by atoms with Crippen molar-refractivity contribution in [1.82, 2.24) is 0 Å². The van der Waals surface area contributed by atoms with Gasteiger partial charge in [0.15, 0.2) is 6.10 Å². The molecule has 0 spiro atoms. The Morgan fingerprint density at radius 3 is 1.39 bits per heavy atom. The lowest BCUT2D eigenvalue weighted by Gasteiger charge is -2.19. The number of ether oxygens (including phenoxy) is 2. The van der Waals surface area contributed by atoms with Gasteiger partial charge in [0.2, 0.25) is 0 Å². The number of unbranched alkanes of at least 4 members (excludes halogenated alkanes) is 28. The number of hydrogen-bond donors (Lipinski definition) is 2. The van der Waals surface area contributed by atoms with Crippen LogP contribution in [0.5, 0.6) is 0 Å². The Morgan fingerprint density at radius 1 is 0.526 bits per heavy atom. The SMILES string of the molecule is CCCC/C=C\C/C=C\CCCCCCCC(=O)OC(COC(=O)CCCCCCCCCCCCCCCCCCCCCCCC)COP(=O)(O)OCCN. The van der Waals surface area contributed by atoms with E-state index in [9.17, 15) is 19.0 Å². The fourth-order valence-electron chi connectivity index (χ4n) is 6.77. The van der Waals surface area contributed by atoms with Gasteiger partial charge in [0, 0.05) is 19.4 Å². The van der Waals surface area contributed by atoms with Crippen molar-refractivity contribution in [2.45, 2.75) is 238 Å². The monoisotopic (exact) mass is 828 g/mol. The van der Waals surface area contributed by atoms with Crippen molar-refractivity contribution in [2.75, 3.05) is 26.4 Å². The van der Waals surface area contributed by atoms with Gasteiger partial charge in [-0.1, -0.05) is 205 Å². The Morgan fingerprint density at radius 2 is 0.930 bits per heavy atom. The molecule has 0 aliphatic heterocycles. The highest BCUT2D eigenvalue weighted by molar-refractivity contribution is 7.47. The van der Waals surface area contributed by atoms with Gasteiger partial charge in [-0.15, -0.1) is 0 Å². The van der Waals surface area contributed by atoms with Crippen molar-refractivity contribution < 1.29 is 37.6 Å².